The highest BCUT2D eigenvalue weighted by atomic mass is 16.5. The lowest BCUT2D eigenvalue weighted by molar-refractivity contribution is 0.0123. The molecule has 0 radical (unpaired) electrons. The molecule has 0 aliphatic carbocycles. The molecule has 2 rings (SSSR count). The zero-order valence-corrected chi connectivity index (χ0v) is 12.7. The second kappa shape index (κ2) is 8.14. The van der Waals surface area contributed by atoms with Crippen molar-refractivity contribution in [2.75, 3.05) is 26.4 Å². The summed E-state index contributed by atoms with van der Waals surface area (Å²) in [5, 5.41) is 13.0. The SMILES string of the molecule is CCNC(C#N)(CCOCC1CCCO1)c1ccccc1. The van der Waals surface area contributed by atoms with E-state index in [1.807, 2.05) is 37.3 Å². The quantitative estimate of drug-likeness (QED) is 0.747. The number of benzene rings is 1. The fourth-order valence-electron chi connectivity index (χ4n) is 2.74. The summed E-state index contributed by atoms with van der Waals surface area (Å²) in [6.07, 6.45) is 3.07. The van der Waals surface area contributed by atoms with E-state index >= 15 is 0 Å². The standard InChI is InChI=1S/C17H24N2O2/c1-2-19-17(14-18,15-7-4-3-5-8-15)10-12-20-13-16-9-6-11-21-16/h3-5,7-8,16,19H,2,6,9-13H2,1H3. The molecule has 0 saturated carbocycles. The maximum absolute atomic E-state index is 9.68. The Hall–Kier alpha value is -1.41. The topological polar surface area (TPSA) is 54.3 Å². The highest BCUT2D eigenvalue weighted by Gasteiger charge is 2.31. The molecule has 0 aromatic heterocycles. The molecule has 4 heteroatoms. The van der Waals surface area contributed by atoms with Gasteiger partial charge in [-0.15, -0.1) is 0 Å². The van der Waals surface area contributed by atoms with Crippen molar-refractivity contribution >= 4 is 0 Å². The van der Waals surface area contributed by atoms with Crippen molar-refractivity contribution in [1.82, 2.24) is 5.32 Å². The maximum atomic E-state index is 9.68. The molecule has 21 heavy (non-hydrogen) atoms. The van der Waals surface area contributed by atoms with E-state index in [-0.39, 0.29) is 6.10 Å². The van der Waals surface area contributed by atoms with Crippen molar-refractivity contribution in [1.29, 1.82) is 5.26 Å². The maximum Gasteiger partial charge on any atom is 0.134 e. The molecule has 1 aromatic carbocycles. The van der Waals surface area contributed by atoms with Gasteiger partial charge in [0.05, 0.1) is 18.8 Å². The predicted molar refractivity (Wildman–Crippen MR) is 81.8 cm³/mol. The van der Waals surface area contributed by atoms with Crippen molar-refractivity contribution in [2.24, 2.45) is 0 Å². The summed E-state index contributed by atoms with van der Waals surface area (Å²) in [4.78, 5) is 0. The van der Waals surface area contributed by atoms with Crippen LogP contribution in [0.1, 0.15) is 31.7 Å². The Balaban J connectivity index is 1.91. The Kier molecular flexibility index (Phi) is 6.19. The lowest BCUT2D eigenvalue weighted by Gasteiger charge is -2.28. The first-order valence-electron chi connectivity index (χ1n) is 7.72. The molecule has 1 aliphatic rings. The minimum absolute atomic E-state index is 0.234. The Morgan fingerprint density at radius 2 is 2.24 bits per heavy atom. The first kappa shape index (κ1) is 16.0. The monoisotopic (exact) mass is 288 g/mol. The van der Waals surface area contributed by atoms with Crippen LogP contribution in [0.3, 0.4) is 0 Å². The molecule has 114 valence electrons. The molecular formula is C17H24N2O2. The largest absolute Gasteiger partial charge is 0.379 e. The first-order chi connectivity index (χ1) is 10.3. The fourth-order valence-corrected chi connectivity index (χ4v) is 2.74. The summed E-state index contributed by atoms with van der Waals surface area (Å²) in [6.45, 7) is 4.78. The third-order valence-corrected chi connectivity index (χ3v) is 3.89. The van der Waals surface area contributed by atoms with E-state index in [0.29, 0.717) is 19.6 Å². The normalized spacial score (nSPS) is 20.9. The van der Waals surface area contributed by atoms with Crippen LogP contribution in [0.5, 0.6) is 0 Å². The first-order valence-corrected chi connectivity index (χ1v) is 7.72. The second-order valence-corrected chi connectivity index (χ2v) is 5.37. The van der Waals surface area contributed by atoms with Gasteiger partial charge in [0.1, 0.15) is 5.54 Å². The van der Waals surface area contributed by atoms with Gasteiger partial charge in [0.15, 0.2) is 0 Å². The summed E-state index contributed by atoms with van der Waals surface area (Å²) >= 11 is 0. The summed E-state index contributed by atoms with van der Waals surface area (Å²) in [5.74, 6) is 0. The molecule has 0 amide bonds. The second-order valence-electron chi connectivity index (χ2n) is 5.37. The van der Waals surface area contributed by atoms with Crippen LogP contribution >= 0.6 is 0 Å². The number of hydrogen-bond acceptors (Lipinski definition) is 4. The van der Waals surface area contributed by atoms with Crippen LogP contribution in [0, 0.1) is 11.3 Å². The molecule has 1 aliphatic heterocycles. The molecule has 1 N–H and O–H groups in total. The summed E-state index contributed by atoms with van der Waals surface area (Å²) in [5.41, 5.74) is 0.321. The van der Waals surface area contributed by atoms with Crippen molar-refractivity contribution < 1.29 is 9.47 Å². The van der Waals surface area contributed by atoms with E-state index in [9.17, 15) is 5.26 Å². The van der Waals surface area contributed by atoms with E-state index in [2.05, 4.69) is 11.4 Å². The Morgan fingerprint density at radius 3 is 2.86 bits per heavy atom. The molecule has 2 unspecified atom stereocenters. The van der Waals surface area contributed by atoms with Crippen LogP contribution < -0.4 is 5.32 Å². The molecule has 1 heterocycles. The molecule has 2 atom stereocenters. The van der Waals surface area contributed by atoms with Gasteiger partial charge in [-0.1, -0.05) is 37.3 Å². The summed E-state index contributed by atoms with van der Waals surface area (Å²) in [6, 6.07) is 12.3. The number of nitrogens with one attached hydrogen (secondary N) is 1. The van der Waals surface area contributed by atoms with Gasteiger partial charge in [-0.3, -0.25) is 5.32 Å². The van der Waals surface area contributed by atoms with Crippen molar-refractivity contribution in [3.63, 3.8) is 0 Å². The van der Waals surface area contributed by atoms with Gasteiger partial charge in [-0.25, -0.2) is 0 Å². The number of rotatable bonds is 8. The number of ether oxygens (including phenoxy) is 2. The average Bonchev–Trinajstić information content (AvgIpc) is 3.05. The van der Waals surface area contributed by atoms with E-state index in [1.54, 1.807) is 0 Å². The van der Waals surface area contributed by atoms with Gasteiger partial charge >= 0.3 is 0 Å². The van der Waals surface area contributed by atoms with Crippen molar-refractivity contribution in [3.05, 3.63) is 35.9 Å². The zero-order chi connectivity index (χ0) is 15.0. The Bertz CT molecular complexity index is 452. The lowest BCUT2D eigenvalue weighted by Crippen LogP contribution is -2.42. The van der Waals surface area contributed by atoms with Gasteiger partial charge in [-0.05, 0) is 24.9 Å². The fraction of sp³-hybridized carbons (Fsp3) is 0.588. The van der Waals surface area contributed by atoms with Crippen LogP contribution in [-0.4, -0.2) is 32.5 Å². The van der Waals surface area contributed by atoms with Gasteiger partial charge in [0.25, 0.3) is 0 Å². The van der Waals surface area contributed by atoms with Gasteiger partial charge in [0.2, 0.25) is 0 Å². The number of nitriles is 1. The van der Waals surface area contributed by atoms with Crippen LogP contribution in [0.4, 0.5) is 0 Å². The Morgan fingerprint density at radius 1 is 1.43 bits per heavy atom. The van der Waals surface area contributed by atoms with Crippen LogP contribution in [-0.2, 0) is 15.0 Å². The highest BCUT2D eigenvalue weighted by Crippen LogP contribution is 2.24. The van der Waals surface area contributed by atoms with Crippen molar-refractivity contribution in [2.45, 2.75) is 37.8 Å². The van der Waals surface area contributed by atoms with E-state index in [4.69, 9.17) is 9.47 Å². The molecule has 1 aromatic rings. The predicted octanol–water partition coefficient (Wildman–Crippen LogP) is 2.60. The minimum Gasteiger partial charge on any atom is -0.379 e. The summed E-state index contributed by atoms with van der Waals surface area (Å²) in [7, 11) is 0. The van der Waals surface area contributed by atoms with Gasteiger partial charge < -0.3 is 9.47 Å². The van der Waals surface area contributed by atoms with Crippen LogP contribution in [0.2, 0.25) is 0 Å². The molecule has 1 saturated heterocycles. The molecule has 0 bridgehead atoms. The third-order valence-electron chi connectivity index (χ3n) is 3.89. The molecular weight excluding hydrogens is 264 g/mol. The smallest absolute Gasteiger partial charge is 0.134 e. The average molecular weight is 288 g/mol. The van der Waals surface area contributed by atoms with Gasteiger partial charge in [-0.2, -0.15) is 5.26 Å². The van der Waals surface area contributed by atoms with E-state index in [1.165, 1.54) is 0 Å². The minimum atomic E-state index is -0.674. The molecule has 1 fully saturated rings. The lowest BCUT2D eigenvalue weighted by atomic mass is 9.88. The highest BCUT2D eigenvalue weighted by molar-refractivity contribution is 5.31. The Labute approximate surface area is 127 Å². The van der Waals surface area contributed by atoms with E-state index < -0.39 is 5.54 Å². The number of hydrogen-bond donors (Lipinski definition) is 1. The van der Waals surface area contributed by atoms with Crippen molar-refractivity contribution in [3.8, 4) is 6.07 Å². The van der Waals surface area contributed by atoms with E-state index in [0.717, 1.165) is 31.6 Å². The third kappa shape index (κ3) is 4.28. The molecule has 4 nitrogen and oxygen atoms in total. The van der Waals surface area contributed by atoms with Gasteiger partial charge in [0, 0.05) is 19.6 Å². The van der Waals surface area contributed by atoms with Crippen LogP contribution in [0.25, 0.3) is 0 Å². The zero-order valence-electron chi connectivity index (χ0n) is 12.7. The summed E-state index contributed by atoms with van der Waals surface area (Å²) < 4.78 is 11.3. The molecule has 0 spiro atoms. The van der Waals surface area contributed by atoms with Crippen LogP contribution in [0.15, 0.2) is 30.3 Å². The number of nitrogens with zero attached hydrogens (tertiary/aromatic N) is 1.